The molecule has 2 aromatic heterocycles. The molecule has 1 amide bonds. The second-order valence-corrected chi connectivity index (χ2v) is 6.76. The summed E-state index contributed by atoms with van der Waals surface area (Å²) >= 11 is 6.12. The van der Waals surface area contributed by atoms with E-state index in [0.717, 1.165) is 17.0 Å². The number of nitrogens with zero attached hydrogens (tertiary/aromatic N) is 4. The summed E-state index contributed by atoms with van der Waals surface area (Å²) < 4.78 is 16.8. The van der Waals surface area contributed by atoms with Crippen LogP contribution in [0.25, 0.3) is 0 Å². The van der Waals surface area contributed by atoms with Crippen LogP contribution >= 0.6 is 11.6 Å². The highest BCUT2D eigenvalue weighted by Crippen LogP contribution is 2.24. The highest BCUT2D eigenvalue weighted by atomic mass is 35.5. The van der Waals surface area contributed by atoms with Crippen molar-refractivity contribution in [3.63, 3.8) is 0 Å². The third kappa shape index (κ3) is 3.73. The van der Waals surface area contributed by atoms with Crippen molar-refractivity contribution in [2.45, 2.75) is 40.8 Å². The number of carbonyl (C=O) groups is 1. The molecule has 0 saturated heterocycles. The lowest BCUT2D eigenvalue weighted by molar-refractivity contribution is 0.102. The number of amides is 1. The molecule has 0 bridgehead atoms. The van der Waals surface area contributed by atoms with Crippen LogP contribution in [0, 0.1) is 26.6 Å². The van der Waals surface area contributed by atoms with Gasteiger partial charge < -0.3 is 5.32 Å². The van der Waals surface area contributed by atoms with Crippen LogP contribution in [0.15, 0.2) is 24.4 Å². The minimum atomic E-state index is -0.381. The molecular formula is C19H21ClFN5O. The second kappa shape index (κ2) is 7.52. The summed E-state index contributed by atoms with van der Waals surface area (Å²) in [5, 5.41) is 12.0. The number of halogens is 2. The Bertz CT molecular complexity index is 1010. The van der Waals surface area contributed by atoms with Crippen LogP contribution in [-0.2, 0) is 13.1 Å². The number of nitrogens with one attached hydrogen (secondary N) is 1. The van der Waals surface area contributed by atoms with Gasteiger partial charge >= 0.3 is 0 Å². The van der Waals surface area contributed by atoms with Crippen molar-refractivity contribution < 1.29 is 9.18 Å². The maximum atomic E-state index is 13.2. The third-order valence-corrected chi connectivity index (χ3v) is 4.95. The van der Waals surface area contributed by atoms with Crippen LogP contribution in [-0.4, -0.2) is 25.5 Å². The maximum Gasteiger partial charge on any atom is 0.259 e. The Kier molecular flexibility index (Phi) is 5.32. The van der Waals surface area contributed by atoms with Crippen molar-refractivity contribution in [3.05, 3.63) is 63.4 Å². The molecule has 2 heterocycles. The predicted molar refractivity (Wildman–Crippen MR) is 103 cm³/mol. The van der Waals surface area contributed by atoms with E-state index in [2.05, 4.69) is 15.5 Å². The second-order valence-electron chi connectivity index (χ2n) is 6.35. The van der Waals surface area contributed by atoms with Gasteiger partial charge in [-0.3, -0.25) is 14.2 Å². The van der Waals surface area contributed by atoms with E-state index in [4.69, 9.17) is 11.6 Å². The molecule has 0 saturated carbocycles. The SMILES string of the molecule is CCn1ncc(C(=O)Nc2c(C)nn(Cc3ccc(F)cc3Cl)c2C)c1C. The minimum absolute atomic E-state index is 0.224. The molecule has 8 heteroatoms. The largest absolute Gasteiger partial charge is 0.319 e. The summed E-state index contributed by atoms with van der Waals surface area (Å²) in [5.74, 6) is -0.606. The molecular weight excluding hydrogens is 369 g/mol. The first kappa shape index (κ1) is 19.1. The topological polar surface area (TPSA) is 64.7 Å². The minimum Gasteiger partial charge on any atom is -0.319 e. The lowest BCUT2D eigenvalue weighted by Gasteiger charge is -2.08. The van der Waals surface area contributed by atoms with Crippen LogP contribution in [0.5, 0.6) is 0 Å². The van der Waals surface area contributed by atoms with Crippen LogP contribution in [0.3, 0.4) is 0 Å². The van der Waals surface area contributed by atoms with Gasteiger partial charge in [0, 0.05) is 17.3 Å². The number of benzene rings is 1. The predicted octanol–water partition coefficient (Wildman–Crippen LogP) is 4.12. The van der Waals surface area contributed by atoms with Gasteiger partial charge in [-0.2, -0.15) is 10.2 Å². The summed E-state index contributed by atoms with van der Waals surface area (Å²) in [6.07, 6.45) is 1.57. The Morgan fingerprint density at radius 1 is 1.22 bits per heavy atom. The van der Waals surface area contributed by atoms with Crippen molar-refractivity contribution in [1.82, 2.24) is 19.6 Å². The van der Waals surface area contributed by atoms with Crippen LogP contribution in [0.1, 0.15) is 39.9 Å². The van der Waals surface area contributed by atoms with E-state index in [9.17, 15) is 9.18 Å². The zero-order valence-electron chi connectivity index (χ0n) is 15.7. The number of anilines is 1. The Balaban J connectivity index is 1.85. The monoisotopic (exact) mass is 389 g/mol. The van der Waals surface area contributed by atoms with E-state index in [1.54, 1.807) is 21.6 Å². The molecule has 27 heavy (non-hydrogen) atoms. The van der Waals surface area contributed by atoms with Crippen molar-refractivity contribution in [2.75, 3.05) is 5.32 Å². The molecule has 0 aliphatic rings. The van der Waals surface area contributed by atoms with E-state index in [1.807, 2.05) is 27.7 Å². The number of hydrogen-bond acceptors (Lipinski definition) is 3. The molecule has 0 fully saturated rings. The average Bonchev–Trinajstić information content (AvgIpc) is 3.12. The average molecular weight is 390 g/mol. The van der Waals surface area contributed by atoms with Crippen LogP contribution < -0.4 is 5.32 Å². The summed E-state index contributed by atoms with van der Waals surface area (Å²) in [4.78, 5) is 12.7. The molecule has 1 aromatic carbocycles. The van der Waals surface area contributed by atoms with Gasteiger partial charge in [-0.05, 0) is 45.4 Å². The molecule has 1 N–H and O–H groups in total. The van der Waals surface area contributed by atoms with E-state index < -0.39 is 0 Å². The van der Waals surface area contributed by atoms with E-state index in [0.29, 0.717) is 35.1 Å². The van der Waals surface area contributed by atoms with E-state index >= 15 is 0 Å². The Morgan fingerprint density at radius 2 is 1.96 bits per heavy atom. The third-order valence-electron chi connectivity index (χ3n) is 4.60. The highest BCUT2D eigenvalue weighted by Gasteiger charge is 2.19. The molecule has 0 aliphatic carbocycles. The smallest absolute Gasteiger partial charge is 0.259 e. The fourth-order valence-electron chi connectivity index (χ4n) is 3.01. The van der Waals surface area contributed by atoms with Gasteiger partial charge in [0.2, 0.25) is 0 Å². The van der Waals surface area contributed by atoms with Gasteiger partial charge in [0.1, 0.15) is 5.82 Å². The van der Waals surface area contributed by atoms with Gasteiger partial charge in [0.15, 0.2) is 0 Å². The first-order valence-electron chi connectivity index (χ1n) is 8.63. The van der Waals surface area contributed by atoms with E-state index in [-0.39, 0.29) is 11.7 Å². The highest BCUT2D eigenvalue weighted by molar-refractivity contribution is 6.31. The Labute approximate surface area is 161 Å². The van der Waals surface area contributed by atoms with Crippen molar-refractivity contribution in [2.24, 2.45) is 0 Å². The van der Waals surface area contributed by atoms with Crippen molar-refractivity contribution in [3.8, 4) is 0 Å². The van der Waals surface area contributed by atoms with Crippen molar-refractivity contribution >= 4 is 23.2 Å². The molecule has 0 radical (unpaired) electrons. The zero-order valence-corrected chi connectivity index (χ0v) is 16.4. The van der Waals surface area contributed by atoms with Gasteiger partial charge in [-0.25, -0.2) is 4.39 Å². The summed E-state index contributed by atoms with van der Waals surface area (Å²) in [6.45, 7) is 8.62. The normalized spacial score (nSPS) is 11.0. The fourth-order valence-corrected chi connectivity index (χ4v) is 3.24. The van der Waals surface area contributed by atoms with Gasteiger partial charge in [0.05, 0.1) is 35.4 Å². The maximum absolute atomic E-state index is 13.2. The number of hydrogen-bond donors (Lipinski definition) is 1. The van der Waals surface area contributed by atoms with Gasteiger partial charge in [0.25, 0.3) is 5.91 Å². The first-order valence-corrected chi connectivity index (χ1v) is 9.01. The number of carbonyl (C=O) groups excluding carboxylic acids is 1. The Morgan fingerprint density at radius 3 is 2.59 bits per heavy atom. The summed E-state index contributed by atoms with van der Waals surface area (Å²) in [6, 6.07) is 4.28. The summed E-state index contributed by atoms with van der Waals surface area (Å²) in [5.41, 5.74) is 4.24. The first-order chi connectivity index (χ1) is 12.8. The number of aryl methyl sites for hydroxylation is 2. The van der Waals surface area contributed by atoms with E-state index in [1.165, 1.54) is 12.1 Å². The molecule has 3 rings (SSSR count). The van der Waals surface area contributed by atoms with Crippen molar-refractivity contribution in [1.29, 1.82) is 0 Å². The Hall–Kier alpha value is -2.67. The molecule has 6 nitrogen and oxygen atoms in total. The number of rotatable bonds is 5. The molecule has 0 aliphatic heterocycles. The van der Waals surface area contributed by atoms with Gasteiger partial charge in [-0.1, -0.05) is 17.7 Å². The zero-order chi connectivity index (χ0) is 19.7. The lowest BCUT2D eigenvalue weighted by atomic mass is 10.2. The standard InChI is InChI=1S/C19H21ClFN5O/c1-5-25-12(3)16(9-22-25)19(27)23-18-11(2)24-26(13(18)4)10-14-6-7-15(21)8-17(14)20/h6-9H,5,10H2,1-4H3,(H,23,27). The number of aromatic nitrogens is 4. The molecule has 142 valence electrons. The molecule has 0 unspecified atom stereocenters. The lowest BCUT2D eigenvalue weighted by Crippen LogP contribution is -2.14. The summed E-state index contributed by atoms with van der Waals surface area (Å²) in [7, 11) is 0. The van der Waals surface area contributed by atoms with Crippen LogP contribution in [0.4, 0.5) is 10.1 Å². The molecule has 0 spiro atoms. The quantitative estimate of drug-likeness (QED) is 0.713. The van der Waals surface area contributed by atoms with Crippen LogP contribution in [0.2, 0.25) is 5.02 Å². The molecule has 3 aromatic rings. The molecule has 0 atom stereocenters. The van der Waals surface area contributed by atoms with Gasteiger partial charge in [-0.15, -0.1) is 0 Å². The fraction of sp³-hybridized carbons (Fsp3) is 0.316.